The number of ether oxygens (including phenoxy) is 1. The second-order valence-electron chi connectivity index (χ2n) is 4.15. The van der Waals surface area contributed by atoms with E-state index in [1.165, 1.54) is 13.4 Å². The Morgan fingerprint density at radius 1 is 1.30 bits per heavy atom. The van der Waals surface area contributed by atoms with Gasteiger partial charge in [0.1, 0.15) is 18.7 Å². The Bertz CT molecular complexity index is 575. The molecule has 6 heteroatoms. The van der Waals surface area contributed by atoms with E-state index < -0.39 is 5.97 Å². The third kappa shape index (κ3) is 3.68. The van der Waals surface area contributed by atoms with Gasteiger partial charge in [-0.25, -0.2) is 9.97 Å². The maximum Gasteiger partial charge on any atom is 0.323 e. The van der Waals surface area contributed by atoms with Crippen molar-refractivity contribution >= 4 is 11.8 Å². The molecule has 1 aromatic heterocycles. The summed E-state index contributed by atoms with van der Waals surface area (Å²) in [5.74, 6) is 0.0000590. The summed E-state index contributed by atoms with van der Waals surface area (Å²) in [6, 6.07) is 11.2. The van der Waals surface area contributed by atoms with E-state index >= 15 is 0 Å². The van der Waals surface area contributed by atoms with Crippen LogP contribution in [0, 0.1) is 0 Å². The van der Waals surface area contributed by atoms with Crippen LogP contribution >= 0.6 is 0 Å². The molecule has 104 valence electrons. The summed E-state index contributed by atoms with van der Waals surface area (Å²) in [4.78, 5) is 20.7. The van der Waals surface area contributed by atoms with Gasteiger partial charge in [-0.1, -0.05) is 30.3 Å². The number of benzene rings is 1. The van der Waals surface area contributed by atoms with Crippen molar-refractivity contribution < 1.29 is 14.6 Å². The molecule has 1 heterocycles. The van der Waals surface area contributed by atoms with E-state index in [0.29, 0.717) is 18.2 Å². The van der Waals surface area contributed by atoms with Gasteiger partial charge < -0.3 is 14.7 Å². The maximum absolute atomic E-state index is 11.0. The number of carboxylic acids is 1. The lowest BCUT2D eigenvalue weighted by Gasteiger charge is -2.21. The molecule has 0 radical (unpaired) electrons. The molecule has 0 saturated heterocycles. The second kappa shape index (κ2) is 6.51. The molecule has 2 rings (SSSR count). The number of aliphatic carboxylic acids is 1. The molecule has 0 atom stereocenters. The Morgan fingerprint density at radius 3 is 2.70 bits per heavy atom. The van der Waals surface area contributed by atoms with Crippen LogP contribution < -0.4 is 9.64 Å². The van der Waals surface area contributed by atoms with Gasteiger partial charge in [-0.15, -0.1) is 0 Å². The van der Waals surface area contributed by atoms with E-state index in [9.17, 15) is 4.79 Å². The van der Waals surface area contributed by atoms with E-state index in [4.69, 9.17) is 9.84 Å². The maximum atomic E-state index is 11.0. The van der Waals surface area contributed by atoms with Crippen molar-refractivity contribution in [3.8, 4) is 5.88 Å². The van der Waals surface area contributed by atoms with Gasteiger partial charge in [0.25, 0.3) is 0 Å². The molecule has 0 saturated carbocycles. The van der Waals surface area contributed by atoms with Crippen molar-refractivity contribution in [2.75, 3.05) is 18.6 Å². The number of anilines is 1. The zero-order chi connectivity index (χ0) is 14.4. The third-order valence-electron chi connectivity index (χ3n) is 2.70. The third-order valence-corrected chi connectivity index (χ3v) is 2.70. The smallest absolute Gasteiger partial charge is 0.323 e. The molecule has 0 fully saturated rings. The van der Waals surface area contributed by atoms with Crippen LogP contribution in [0.3, 0.4) is 0 Å². The first kappa shape index (κ1) is 13.8. The van der Waals surface area contributed by atoms with Gasteiger partial charge in [-0.3, -0.25) is 4.79 Å². The van der Waals surface area contributed by atoms with Crippen LogP contribution in [-0.2, 0) is 11.3 Å². The van der Waals surface area contributed by atoms with Gasteiger partial charge in [0.05, 0.1) is 7.11 Å². The standard InChI is InChI=1S/C14H15N3O3/c1-20-13-7-12(15-10-16-13)17(9-14(18)19)8-11-5-3-2-4-6-11/h2-7,10H,8-9H2,1H3,(H,18,19). The fourth-order valence-electron chi connectivity index (χ4n) is 1.80. The zero-order valence-corrected chi connectivity index (χ0v) is 11.1. The van der Waals surface area contributed by atoms with E-state index in [2.05, 4.69) is 9.97 Å². The summed E-state index contributed by atoms with van der Waals surface area (Å²) in [5, 5.41) is 9.03. The molecule has 2 aromatic rings. The van der Waals surface area contributed by atoms with Crippen molar-refractivity contribution in [3.63, 3.8) is 0 Å². The van der Waals surface area contributed by atoms with Crippen LogP contribution in [0.15, 0.2) is 42.7 Å². The van der Waals surface area contributed by atoms with Gasteiger partial charge in [-0.05, 0) is 5.56 Å². The zero-order valence-electron chi connectivity index (χ0n) is 11.1. The summed E-state index contributed by atoms with van der Waals surface area (Å²) in [6.45, 7) is 0.308. The highest BCUT2D eigenvalue weighted by molar-refractivity contribution is 5.73. The number of methoxy groups -OCH3 is 1. The molecule has 1 N–H and O–H groups in total. The predicted molar refractivity (Wildman–Crippen MR) is 73.7 cm³/mol. The van der Waals surface area contributed by atoms with Crippen molar-refractivity contribution in [1.82, 2.24) is 9.97 Å². The van der Waals surface area contributed by atoms with Crippen LogP contribution in [0.4, 0.5) is 5.82 Å². The number of hydrogen-bond donors (Lipinski definition) is 1. The Labute approximate surface area is 116 Å². The Morgan fingerprint density at radius 2 is 2.05 bits per heavy atom. The molecular weight excluding hydrogens is 258 g/mol. The Balaban J connectivity index is 2.24. The lowest BCUT2D eigenvalue weighted by Crippen LogP contribution is -2.30. The molecule has 1 aromatic carbocycles. The second-order valence-corrected chi connectivity index (χ2v) is 4.15. The van der Waals surface area contributed by atoms with Gasteiger partial charge in [0.15, 0.2) is 0 Å². The van der Waals surface area contributed by atoms with E-state index in [1.54, 1.807) is 11.0 Å². The predicted octanol–water partition coefficient (Wildman–Crippen LogP) is 1.58. The van der Waals surface area contributed by atoms with Crippen molar-refractivity contribution in [2.24, 2.45) is 0 Å². The van der Waals surface area contributed by atoms with Gasteiger partial charge >= 0.3 is 5.97 Å². The van der Waals surface area contributed by atoms with E-state index in [-0.39, 0.29) is 6.54 Å². The normalized spacial score (nSPS) is 10.1. The monoisotopic (exact) mass is 273 g/mol. The highest BCUT2D eigenvalue weighted by Gasteiger charge is 2.13. The molecular formula is C14H15N3O3. The quantitative estimate of drug-likeness (QED) is 0.861. The average Bonchev–Trinajstić information content (AvgIpc) is 2.47. The van der Waals surface area contributed by atoms with E-state index in [1.807, 2.05) is 30.3 Å². The molecule has 0 unspecified atom stereocenters. The molecule has 0 amide bonds. The highest BCUT2D eigenvalue weighted by atomic mass is 16.5. The minimum Gasteiger partial charge on any atom is -0.481 e. The van der Waals surface area contributed by atoms with Gasteiger partial charge in [0, 0.05) is 12.6 Å². The summed E-state index contributed by atoms with van der Waals surface area (Å²) < 4.78 is 5.03. The summed E-state index contributed by atoms with van der Waals surface area (Å²) >= 11 is 0. The van der Waals surface area contributed by atoms with Crippen LogP contribution in [0.2, 0.25) is 0 Å². The first-order valence-corrected chi connectivity index (χ1v) is 6.05. The number of carbonyl (C=O) groups is 1. The van der Waals surface area contributed by atoms with Crippen molar-refractivity contribution in [3.05, 3.63) is 48.3 Å². The molecule has 0 aliphatic carbocycles. The average molecular weight is 273 g/mol. The number of nitrogens with zero attached hydrogens (tertiary/aromatic N) is 3. The first-order chi connectivity index (χ1) is 9.69. The van der Waals surface area contributed by atoms with Gasteiger partial charge in [-0.2, -0.15) is 0 Å². The van der Waals surface area contributed by atoms with Crippen LogP contribution in [0.5, 0.6) is 5.88 Å². The molecule has 0 spiro atoms. The molecule has 20 heavy (non-hydrogen) atoms. The number of aromatic nitrogens is 2. The first-order valence-electron chi connectivity index (χ1n) is 6.05. The molecule has 0 aliphatic rings. The minimum absolute atomic E-state index is 0.144. The van der Waals surface area contributed by atoms with Crippen molar-refractivity contribution in [1.29, 1.82) is 0 Å². The van der Waals surface area contributed by atoms with Crippen molar-refractivity contribution in [2.45, 2.75) is 6.54 Å². The lowest BCUT2D eigenvalue weighted by molar-refractivity contribution is -0.135. The Kier molecular flexibility index (Phi) is 4.49. The summed E-state index contributed by atoms with van der Waals surface area (Å²) in [7, 11) is 1.50. The van der Waals surface area contributed by atoms with Gasteiger partial charge in [0.2, 0.25) is 5.88 Å². The highest BCUT2D eigenvalue weighted by Crippen LogP contribution is 2.17. The lowest BCUT2D eigenvalue weighted by atomic mass is 10.2. The minimum atomic E-state index is -0.918. The fraction of sp³-hybridized carbons (Fsp3) is 0.214. The van der Waals surface area contributed by atoms with Crippen LogP contribution in [0.25, 0.3) is 0 Å². The number of carboxylic acid groups (broad SMARTS) is 1. The topological polar surface area (TPSA) is 75.5 Å². The largest absolute Gasteiger partial charge is 0.481 e. The summed E-state index contributed by atoms with van der Waals surface area (Å²) in [5.41, 5.74) is 1.01. The number of hydrogen-bond acceptors (Lipinski definition) is 5. The number of rotatable bonds is 6. The SMILES string of the molecule is COc1cc(N(CC(=O)O)Cc2ccccc2)ncn1. The molecule has 0 bridgehead atoms. The molecule has 0 aliphatic heterocycles. The van der Waals surface area contributed by atoms with Crippen LogP contribution in [0.1, 0.15) is 5.56 Å². The molecule has 6 nitrogen and oxygen atoms in total. The fourth-order valence-corrected chi connectivity index (χ4v) is 1.80. The van der Waals surface area contributed by atoms with E-state index in [0.717, 1.165) is 5.56 Å². The van der Waals surface area contributed by atoms with Crippen LogP contribution in [-0.4, -0.2) is 34.7 Å². The Hall–Kier alpha value is -2.63. The summed E-state index contributed by atoms with van der Waals surface area (Å²) in [6.07, 6.45) is 1.36.